The molecule has 1 aliphatic heterocycles. The van der Waals surface area contributed by atoms with E-state index in [9.17, 15) is 4.79 Å². The first-order chi connectivity index (χ1) is 10.3. The number of ether oxygens (including phenoxy) is 1. The van der Waals surface area contributed by atoms with Crippen LogP contribution in [0.1, 0.15) is 47.1 Å². The van der Waals surface area contributed by atoms with Crippen molar-refractivity contribution in [3.63, 3.8) is 0 Å². The summed E-state index contributed by atoms with van der Waals surface area (Å²) in [5.74, 6) is 0.625. The molecule has 2 aromatic rings. The van der Waals surface area contributed by atoms with Crippen LogP contribution in [0.4, 0.5) is 0 Å². The van der Waals surface area contributed by atoms with Crippen molar-refractivity contribution in [2.75, 3.05) is 13.2 Å². The predicted molar refractivity (Wildman–Crippen MR) is 79.0 cm³/mol. The molecular weight excluding hydrogens is 288 g/mol. The van der Waals surface area contributed by atoms with E-state index in [1.807, 2.05) is 6.20 Å². The standard InChI is InChI=1S/C14H18N4O2S/c1-2-20-14(19)10-9-21-13(17-10)11-4-3-7-18(11)8-12-15-5-6-16-12/h5-6,9,11H,2-4,7-8H2,1H3,(H,15,16)/t11-/m1/s1. The normalized spacial score (nSPS) is 19.0. The lowest BCUT2D eigenvalue weighted by atomic mass is 10.2. The lowest BCUT2D eigenvalue weighted by Crippen LogP contribution is -2.23. The van der Waals surface area contributed by atoms with Crippen LogP contribution in [-0.2, 0) is 11.3 Å². The van der Waals surface area contributed by atoms with Crippen LogP contribution in [0, 0.1) is 0 Å². The van der Waals surface area contributed by atoms with E-state index in [-0.39, 0.29) is 12.0 Å². The molecule has 0 aromatic carbocycles. The topological polar surface area (TPSA) is 71.1 Å². The Morgan fingerprint density at radius 2 is 2.52 bits per heavy atom. The first kappa shape index (κ1) is 14.2. The summed E-state index contributed by atoms with van der Waals surface area (Å²) in [5.41, 5.74) is 0.418. The van der Waals surface area contributed by atoms with E-state index < -0.39 is 0 Å². The number of nitrogens with zero attached hydrogens (tertiary/aromatic N) is 3. The van der Waals surface area contributed by atoms with Crippen LogP contribution in [0.5, 0.6) is 0 Å². The Balaban J connectivity index is 1.71. The van der Waals surface area contributed by atoms with Crippen LogP contribution in [0.3, 0.4) is 0 Å². The summed E-state index contributed by atoms with van der Waals surface area (Å²) in [5, 5.41) is 2.78. The molecule has 1 N–H and O–H groups in total. The SMILES string of the molecule is CCOC(=O)c1csc([C@H]2CCCN2Cc2ncc[nH]2)n1. The van der Waals surface area contributed by atoms with Crippen LogP contribution in [0.2, 0.25) is 0 Å². The third kappa shape index (κ3) is 3.14. The van der Waals surface area contributed by atoms with Crippen molar-refractivity contribution in [3.05, 3.63) is 34.3 Å². The zero-order valence-electron chi connectivity index (χ0n) is 11.9. The minimum atomic E-state index is -0.337. The van der Waals surface area contributed by atoms with Crippen molar-refractivity contribution in [2.45, 2.75) is 32.4 Å². The average Bonchev–Trinajstić information content (AvgIpc) is 3.20. The van der Waals surface area contributed by atoms with Crippen molar-refractivity contribution < 1.29 is 9.53 Å². The lowest BCUT2D eigenvalue weighted by molar-refractivity contribution is 0.0520. The third-order valence-corrected chi connectivity index (χ3v) is 4.51. The Labute approximate surface area is 127 Å². The molecule has 0 spiro atoms. The molecule has 0 unspecified atom stereocenters. The van der Waals surface area contributed by atoms with Gasteiger partial charge in [0, 0.05) is 17.8 Å². The van der Waals surface area contributed by atoms with Gasteiger partial charge in [0.25, 0.3) is 0 Å². The maximum absolute atomic E-state index is 11.7. The summed E-state index contributed by atoms with van der Waals surface area (Å²) < 4.78 is 4.99. The highest BCUT2D eigenvalue weighted by Crippen LogP contribution is 2.34. The fourth-order valence-corrected chi connectivity index (χ4v) is 3.57. The number of carbonyl (C=O) groups excluding carboxylic acids is 1. The van der Waals surface area contributed by atoms with Gasteiger partial charge in [0.2, 0.25) is 0 Å². The Hall–Kier alpha value is -1.73. The molecule has 0 radical (unpaired) electrons. The molecule has 6 nitrogen and oxygen atoms in total. The fourth-order valence-electron chi connectivity index (χ4n) is 2.61. The molecule has 1 fully saturated rings. The number of hydrogen-bond acceptors (Lipinski definition) is 6. The van der Waals surface area contributed by atoms with Gasteiger partial charge in [-0.1, -0.05) is 0 Å². The van der Waals surface area contributed by atoms with Crippen LogP contribution in [0.25, 0.3) is 0 Å². The van der Waals surface area contributed by atoms with E-state index in [2.05, 4.69) is 19.9 Å². The molecule has 2 aromatic heterocycles. The molecule has 3 rings (SSSR count). The Kier molecular flexibility index (Phi) is 4.31. The third-order valence-electron chi connectivity index (χ3n) is 3.56. The minimum Gasteiger partial charge on any atom is -0.461 e. The zero-order valence-corrected chi connectivity index (χ0v) is 12.7. The molecule has 0 amide bonds. The molecule has 1 aliphatic rings. The summed E-state index contributed by atoms with van der Waals surface area (Å²) in [4.78, 5) is 25.9. The van der Waals surface area contributed by atoms with Crippen LogP contribution in [0.15, 0.2) is 17.8 Å². The van der Waals surface area contributed by atoms with Crippen LogP contribution < -0.4 is 0 Å². The number of aromatic nitrogens is 3. The van der Waals surface area contributed by atoms with Gasteiger partial charge in [-0.25, -0.2) is 14.8 Å². The van der Waals surface area contributed by atoms with Gasteiger partial charge in [-0.15, -0.1) is 11.3 Å². The number of imidazole rings is 1. The van der Waals surface area contributed by atoms with Gasteiger partial charge >= 0.3 is 5.97 Å². The van der Waals surface area contributed by atoms with Gasteiger partial charge in [-0.05, 0) is 26.3 Å². The molecule has 0 saturated carbocycles. The van der Waals surface area contributed by atoms with Crippen molar-refractivity contribution in [1.29, 1.82) is 0 Å². The summed E-state index contributed by atoms with van der Waals surface area (Å²) in [6.07, 6.45) is 5.81. The lowest BCUT2D eigenvalue weighted by Gasteiger charge is -2.21. The van der Waals surface area contributed by atoms with Crippen molar-refractivity contribution in [2.24, 2.45) is 0 Å². The number of hydrogen-bond donors (Lipinski definition) is 1. The largest absolute Gasteiger partial charge is 0.461 e. The number of esters is 1. The average molecular weight is 306 g/mol. The molecule has 0 aliphatic carbocycles. The highest BCUT2D eigenvalue weighted by molar-refractivity contribution is 7.09. The number of nitrogens with one attached hydrogen (secondary N) is 1. The molecule has 1 saturated heterocycles. The minimum absolute atomic E-state index is 0.267. The maximum Gasteiger partial charge on any atom is 0.357 e. The van der Waals surface area contributed by atoms with E-state index in [0.29, 0.717) is 12.3 Å². The molecule has 0 bridgehead atoms. The number of likely N-dealkylation sites (tertiary alicyclic amines) is 1. The van der Waals surface area contributed by atoms with E-state index in [1.54, 1.807) is 18.5 Å². The second-order valence-electron chi connectivity index (χ2n) is 4.96. The van der Waals surface area contributed by atoms with Crippen molar-refractivity contribution in [1.82, 2.24) is 19.9 Å². The summed E-state index contributed by atoms with van der Waals surface area (Å²) in [7, 11) is 0. The van der Waals surface area contributed by atoms with Crippen molar-refractivity contribution >= 4 is 17.3 Å². The van der Waals surface area contributed by atoms with E-state index in [1.165, 1.54) is 11.3 Å². The van der Waals surface area contributed by atoms with Crippen LogP contribution in [-0.4, -0.2) is 39.0 Å². The Morgan fingerprint density at radius 1 is 1.62 bits per heavy atom. The number of thiazole rings is 1. The predicted octanol–water partition coefficient (Wildman–Crippen LogP) is 2.38. The number of aromatic amines is 1. The molecular formula is C14H18N4O2S. The molecule has 3 heterocycles. The molecule has 21 heavy (non-hydrogen) atoms. The zero-order chi connectivity index (χ0) is 14.7. The van der Waals surface area contributed by atoms with Gasteiger partial charge in [-0.3, -0.25) is 4.90 Å². The Morgan fingerprint density at radius 3 is 3.29 bits per heavy atom. The van der Waals surface area contributed by atoms with E-state index in [0.717, 1.165) is 36.8 Å². The van der Waals surface area contributed by atoms with Gasteiger partial charge in [0.1, 0.15) is 10.8 Å². The quantitative estimate of drug-likeness (QED) is 0.859. The van der Waals surface area contributed by atoms with Crippen LogP contribution >= 0.6 is 11.3 Å². The number of carbonyl (C=O) groups is 1. The Bertz CT molecular complexity index is 596. The van der Waals surface area contributed by atoms with E-state index >= 15 is 0 Å². The second kappa shape index (κ2) is 6.36. The monoisotopic (exact) mass is 306 g/mol. The molecule has 1 atom stereocenters. The summed E-state index contributed by atoms with van der Waals surface area (Å²) in [6, 6.07) is 0.267. The maximum atomic E-state index is 11.7. The van der Waals surface area contributed by atoms with Gasteiger partial charge < -0.3 is 9.72 Å². The fraction of sp³-hybridized carbons (Fsp3) is 0.500. The highest BCUT2D eigenvalue weighted by Gasteiger charge is 2.29. The van der Waals surface area contributed by atoms with E-state index in [4.69, 9.17) is 4.74 Å². The molecule has 112 valence electrons. The number of H-pyrrole nitrogens is 1. The van der Waals surface area contributed by atoms with Crippen molar-refractivity contribution in [3.8, 4) is 0 Å². The second-order valence-corrected chi connectivity index (χ2v) is 5.85. The summed E-state index contributed by atoms with van der Waals surface area (Å²) in [6.45, 7) is 3.98. The smallest absolute Gasteiger partial charge is 0.357 e. The number of rotatable bonds is 5. The van der Waals surface area contributed by atoms with Gasteiger partial charge in [0.05, 0.1) is 19.2 Å². The van der Waals surface area contributed by atoms with Gasteiger partial charge in [0.15, 0.2) is 5.69 Å². The van der Waals surface area contributed by atoms with Gasteiger partial charge in [-0.2, -0.15) is 0 Å². The summed E-state index contributed by atoms with van der Waals surface area (Å²) >= 11 is 1.53. The molecule has 7 heteroatoms. The highest BCUT2D eigenvalue weighted by atomic mass is 32.1. The first-order valence-corrected chi connectivity index (χ1v) is 8.00. The first-order valence-electron chi connectivity index (χ1n) is 7.12.